The third kappa shape index (κ3) is 4.56. The average molecular weight is 292 g/mol. The van der Waals surface area contributed by atoms with Crippen LogP contribution < -0.4 is 10.6 Å². The maximum atomic E-state index is 12.4. The maximum Gasteiger partial charge on any atom is 0.228 e. The molecule has 0 aliphatic carbocycles. The number of rotatable bonds is 3. The first-order chi connectivity index (χ1) is 9.74. The van der Waals surface area contributed by atoms with Crippen LogP contribution in [-0.4, -0.2) is 28.3 Å². The molecule has 21 heavy (non-hydrogen) atoms. The van der Waals surface area contributed by atoms with E-state index < -0.39 is 0 Å². The number of hydrogen-bond acceptors (Lipinski definition) is 3. The predicted octanol–water partition coefficient (Wildman–Crippen LogP) is 2.34. The highest BCUT2D eigenvalue weighted by Crippen LogP contribution is 2.23. The molecule has 5 heteroatoms. The van der Waals surface area contributed by atoms with Gasteiger partial charge >= 0.3 is 0 Å². The molecule has 1 amide bonds. The summed E-state index contributed by atoms with van der Waals surface area (Å²) in [7, 11) is 1.88. The molecule has 2 atom stereocenters. The molecular weight excluding hydrogens is 264 g/mol. The Labute approximate surface area is 127 Å². The maximum absolute atomic E-state index is 12.4. The second kappa shape index (κ2) is 6.18. The van der Waals surface area contributed by atoms with E-state index in [9.17, 15) is 4.79 Å². The van der Waals surface area contributed by atoms with Crippen LogP contribution in [0.4, 0.5) is 5.82 Å². The standard InChI is InChI=1S/C16H28N4O/c1-11-8-12(6-7-17-11)15(21)18-14-9-13(19-20(14)5)10-16(2,3)4/h9,11-12,17H,6-8,10H2,1-5H3,(H,18,21)/t11-,12-/m0/s1. The van der Waals surface area contributed by atoms with Crippen LogP contribution in [0.15, 0.2) is 6.07 Å². The Morgan fingerprint density at radius 1 is 1.52 bits per heavy atom. The number of carbonyl (C=O) groups is 1. The van der Waals surface area contributed by atoms with Crippen LogP contribution in [0.25, 0.3) is 0 Å². The van der Waals surface area contributed by atoms with Crippen LogP contribution in [0.2, 0.25) is 0 Å². The van der Waals surface area contributed by atoms with E-state index in [0.29, 0.717) is 6.04 Å². The average Bonchev–Trinajstić information content (AvgIpc) is 2.67. The van der Waals surface area contributed by atoms with Gasteiger partial charge in [0.05, 0.1) is 5.69 Å². The Morgan fingerprint density at radius 3 is 2.86 bits per heavy atom. The molecule has 2 rings (SSSR count). The number of amides is 1. The van der Waals surface area contributed by atoms with Crippen LogP contribution in [-0.2, 0) is 18.3 Å². The highest BCUT2D eigenvalue weighted by molar-refractivity contribution is 5.91. The molecule has 1 saturated heterocycles. The van der Waals surface area contributed by atoms with E-state index in [-0.39, 0.29) is 17.2 Å². The number of aryl methyl sites for hydroxylation is 1. The van der Waals surface area contributed by atoms with Gasteiger partial charge in [-0.3, -0.25) is 9.48 Å². The Hall–Kier alpha value is -1.36. The number of carbonyl (C=O) groups excluding carboxylic acids is 1. The molecule has 0 unspecified atom stereocenters. The number of hydrogen-bond donors (Lipinski definition) is 2. The number of nitrogens with zero attached hydrogens (tertiary/aromatic N) is 2. The highest BCUT2D eigenvalue weighted by atomic mass is 16.2. The monoisotopic (exact) mass is 292 g/mol. The van der Waals surface area contributed by atoms with Crippen LogP contribution in [0.3, 0.4) is 0 Å². The third-order valence-corrected chi connectivity index (χ3v) is 3.89. The van der Waals surface area contributed by atoms with Gasteiger partial charge < -0.3 is 10.6 Å². The molecule has 1 aromatic heterocycles. The zero-order valence-corrected chi connectivity index (χ0v) is 13.9. The fourth-order valence-electron chi connectivity index (χ4n) is 2.87. The molecule has 0 bridgehead atoms. The van der Waals surface area contributed by atoms with Crippen molar-refractivity contribution < 1.29 is 4.79 Å². The second-order valence-electron chi connectivity index (χ2n) is 7.45. The summed E-state index contributed by atoms with van der Waals surface area (Å²) in [6.07, 6.45) is 2.71. The predicted molar refractivity (Wildman–Crippen MR) is 85.2 cm³/mol. The lowest BCUT2D eigenvalue weighted by atomic mass is 9.90. The lowest BCUT2D eigenvalue weighted by Crippen LogP contribution is -2.40. The molecule has 118 valence electrons. The lowest BCUT2D eigenvalue weighted by Gasteiger charge is -2.27. The van der Waals surface area contributed by atoms with Crippen molar-refractivity contribution in [3.63, 3.8) is 0 Å². The smallest absolute Gasteiger partial charge is 0.228 e. The minimum absolute atomic E-state index is 0.0993. The molecular formula is C16H28N4O. The van der Waals surface area contributed by atoms with Gasteiger partial charge in [0, 0.05) is 25.1 Å². The molecule has 5 nitrogen and oxygen atoms in total. The Kier molecular flexibility index (Phi) is 4.71. The van der Waals surface area contributed by atoms with Gasteiger partial charge in [0.1, 0.15) is 5.82 Å². The molecule has 1 aliphatic rings. The van der Waals surface area contributed by atoms with E-state index in [2.05, 4.69) is 43.4 Å². The number of piperidine rings is 1. The van der Waals surface area contributed by atoms with Crippen molar-refractivity contribution in [2.75, 3.05) is 11.9 Å². The van der Waals surface area contributed by atoms with E-state index in [1.165, 1.54) is 0 Å². The summed E-state index contributed by atoms with van der Waals surface area (Å²) in [4.78, 5) is 12.4. The molecule has 1 aromatic rings. The second-order valence-corrected chi connectivity index (χ2v) is 7.45. The highest BCUT2D eigenvalue weighted by Gasteiger charge is 2.25. The summed E-state index contributed by atoms with van der Waals surface area (Å²) in [5.74, 6) is 1.02. The quantitative estimate of drug-likeness (QED) is 0.899. The normalized spacial score (nSPS) is 23.1. The summed E-state index contributed by atoms with van der Waals surface area (Å²) in [5.41, 5.74) is 1.22. The first-order valence-corrected chi connectivity index (χ1v) is 7.82. The summed E-state index contributed by atoms with van der Waals surface area (Å²) < 4.78 is 1.77. The molecule has 0 saturated carbocycles. The summed E-state index contributed by atoms with van der Waals surface area (Å²) in [6, 6.07) is 2.41. The van der Waals surface area contributed by atoms with Gasteiger partial charge in [-0.05, 0) is 38.1 Å². The topological polar surface area (TPSA) is 59.0 Å². The van der Waals surface area contributed by atoms with Gasteiger partial charge in [0.2, 0.25) is 5.91 Å². The first kappa shape index (κ1) is 16.0. The van der Waals surface area contributed by atoms with Crippen molar-refractivity contribution in [3.05, 3.63) is 11.8 Å². The van der Waals surface area contributed by atoms with Crippen molar-refractivity contribution in [1.82, 2.24) is 15.1 Å². The molecule has 0 spiro atoms. The van der Waals surface area contributed by atoms with Crippen LogP contribution >= 0.6 is 0 Å². The fraction of sp³-hybridized carbons (Fsp3) is 0.750. The van der Waals surface area contributed by atoms with Crippen LogP contribution in [0, 0.1) is 11.3 Å². The largest absolute Gasteiger partial charge is 0.314 e. The van der Waals surface area contributed by atoms with E-state index >= 15 is 0 Å². The minimum Gasteiger partial charge on any atom is -0.314 e. The van der Waals surface area contributed by atoms with Crippen molar-refractivity contribution in [2.24, 2.45) is 18.4 Å². The SMILES string of the molecule is C[C@H]1C[C@@H](C(=O)Nc2cc(CC(C)(C)C)nn2C)CCN1. The Balaban J connectivity index is 2.00. The van der Waals surface area contributed by atoms with Gasteiger partial charge in [-0.25, -0.2) is 0 Å². The van der Waals surface area contributed by atoms with Crippen LogP contribution in [0.5, 0.6) is 0 Å². The fourth-order valence-corrected chi connectivity index (χ4v) is 2.87. The Bertz CT molecular complexity index is 501. The molecule has 1 aliphatic heterocycles. The van der Waals surface area contributed by atoms with Gasteiger partial charge in [0.25, 0.3) is 0 Å². The molecule has 2 heterocycles. The van der Waals surface area contributed by atoms with Crippen molar-refractivity contribution >= 4 is 11.7 Å². The van der Waals surface area contributed by atoms with Crippen molar-refractivity contribution in [3.8, 4) is 0 Å². The minimum atomic E-state index is 0.0993. The number of aromatic nitrogens is 2. The van der Waals surface area contributed by atoms with E-state index in [1.807, 2.05) is 13.1 Å². The van der Waals surface area contributed by atoms with Crippen LogP contribution in [0.1, 0.15) is 46.2 Å². The summed E-state index contributed by atoms with van der Waals surface area (Å²) in [6.45, 7) is 9.62. The van der Waals surface area contributed by atoms with Crippen molar-refractivity contribution in [2.45, 2.75) is 53.0 Å². The van der Waals surface area contributed by atoms with Gasteiger partial charge in [-0.2, -0.15) is 5.10 Å². The zero-order chi connectivity index (χ0) is 15.6. The van der Waals surface area contributed by atoms with Gasteiger partial charge in [0.15, 0.2) is 0 Å². The summed E-state index contributed by atoms with van der Waals surface area (Å²) in [5, 5.41) is 10.9. The molecule has 2 N–H and O–H groups in total. The molecule has 0 radical (unpaired) electrons. The molecule has 0 aromatic carbocycles. The van der Waals surface area contributed by atoms with E-state index in [0.717, 1.165) is 37.3 Å². The number of nitrogens with one attached hydrogen (secondary N) is 2. The van der Waals surface area contributed by atoms with Gasteiger partial charge in [-0.15, -0.1) is 0 Å². The zero-order valence-electron chi connectivity index (χ0n) is 13.9. The molecule has 1 fully saturated rings. The van der Waals surface area contributed by atoms with Gasteiger partial charge in [-0.1, -0.05) is 20.8 Å². The number of anilines is 1. The lowest BCUT2D eigenvalue weighted by molar-refractivity contribution is -0.120. The third-order valence-electron chi connectivity index (χ3n) is 3.89. The van der Waals surface area contributed by atoms with E-state index in [1.54, 1.807) is 4.68 Å². The van der Waals surface area contributed by atoms with Crippen molar-refractivity contribution in [1.29, 1.82) is 0 Å². The van der Waals surface area contributed by atoms with E-state index in [4.69, 9.17) is 0 Å². The Morgan fingerprint density at radius 2 is 2.24 bits per heavy atom. The summed E-state index contributed by atoms with van der Waals surface area (Å²) >= 11 is 0. The first-order valence-electron chi connectivity index (χ1n) is 7.82.